The van der Waals surface area contributed by atoms with E-state index in [2.05, 4.69) is 30.1 Å². The van der Waals surface area contributed by atoms with Gasteiger partial charge in [-0.15, -0.1) is 0 Å². The van der Waals surface area contributed by atoms with E-state index < -0.39 is 102 Å². The molecule has 0 bridgehead atoms. The van der Waals surface area contributed by atoms with E-state index in [4.69, 9.17) is 64.7 Å². The molecule has 6 aliphatic rings. The Balaban J connectivity index is 0.000000163. The van der Waals surface area contributed by atoms with Crippen molar-refractivity contribution in [3.05, 3.63) is 139 Å². The van der Waals surface area contributed by atoms with Crippen LogP contribution >= 0.6 is 34.8 Å². The third-order valence-corrected chi connectivity index (χ3v) is 25.9. The normalized spacial score (nSPS) is 15.1. The number of aliphatic hydroxyl groups excluding tert-OH is 3. The monoisotopic (exact) mass is 1590 g/mol. The minimum Gasteiger partial charge on any atom is -0.445 e. The number of nitrogens with two attached hydrogens (primary N) is 1. The van der Waals surface area contributed by atoms with Gasteiger partial charge in [0, 0.05) is 34.2 Å². The summed E-state index contributed by atoms with van der Waals surface area (Å²) >= 11 is 16.8. The van der Waals surface area contributed by atoms with Crippen LogP contribution in [0.25, 0.3) is 0 Å². The first-order valence-corrected chi connectivity index (χ1v) is 41.9. The summed E-state index contributed by atoms with van der Waals surface area (Å²) in [4.78, 5) is 49.9. The summed E-state index contributed by atoms with van der Waals surface area (Å²) in [6, 6.07) is 7.77. The predicted octanol–water partition coefficient (Wildman–Crippen LogP) is 4.65. The van der Waals surface area contributed by atoms with Crippen LogP contribution in [0.15, 0.2) is 84.0 Å². The fraction of sp³-hybridized carbons (Fsp3) is 0.419. The van der Waals surface area contributed by atoms with Crippen LogP contribution in [-0.4, -0.2) is 130 Å². The first-order valence-electron chi connectivity index (χ1n) is 31.8. The number of amides is 5. The van der Waals surface area contributed by atoms with Crippen LogP contribution in [0.2, 0.25) is 0 Å². The molecule has 40 heteroatoms. The number of rotatable bonds is 18. The predicted molar refractivity (Wildman–Crippen MR) is 376 cm³/mol. The summed E-state index contributed by atoms with van der Waals surface area (Å²) in [6.07, 6.45) is 15.5. The summed E-state index contributed by atoms with van der Waals surface area (Å²) in [5.41, 5.74) is 13.9. The molecule has 554 valence electrons. The highest BCUT2D eigenvalue weighted by Crippen LogP contribution is 2.40. The highest BCUT2D eigenvalue weighted by Gasteiger charge is 2.33. The number of benzene rings is 3. The van der Waals surface area contributed by atoms with Crippen molar-refractivity contribution in [1.82, 2.24) is 38.6 Å². The van der Waals surface area contributed by atoms with Gasteiger partial charge in [-0.25, -0.2) is 93.6 Å². The van der Waals surface area contributed by atoms with Gasteiger partial charge in [-0.3, -0.25) is 20.3 Å². The fourth-order valence-electron chi connectivity index (χ4n) is 12.8. The van der Waals surface area contributed by atoms with Crippen molar-refractivity contribution in [3.8, 4) is 0 Å². The number of sulfonamides is 6. The first kappa shape index (κ1) is 79.3. The smallest absolute Gasteiger partial charge is 0.411 e. The molecule has 3 heterocycles. The number of pyridine rings is 3. The minimum atomic E-state index is -4.37. The zero-order valence-electron chi connectivity index (χ0n) is 55.1. The van der Waals surface area contributed by atoms with Crippen molar-refractivity contribution in [1.29, 1.82) is 0 Å². The number of carbonyl (C=O) groups is 3. The lowest BCUT2D eigenvalue weighted by Crippen LogP contribution is -2.35. The molecule has 31 nitrogen and oxygen atoms in total. The van der Waals surface area contributed by atoms with Crippen molar-refractivity contribution >= 4 is 130 Å². The third-order valence-electron chi connectivity index (χ3n) is 17.5. The number of urea groups is 2. The first-order chi connectivity index (χ1) is 48.0. The van der Waals surface area contributed by atoms with Crippen molar-refractivity contribution in [2.75, 3.05) is 43.7 Å². The van der Waals surface area contributed by atoms with Gasteiger partial charge in [-0.05, 0) is 241 Å². The number of aliphatic hydroxyl groups is 3. The molecule has 3 aromatic carbocycles. The Bertz CT molecular complexity index is 4730. The number of hydrogen-bond donors (Lipinski definition) is 12. The topological polar surface area (TPSA) is 487 Å². The number of hydrogen-bond acceptors (Lipinski definition) is 22. The Hall–Kier alpha value is -6.79. The number of halogens is 3. The molecule has 3 aromatic heterocycles. The molecule has 102 heavy (non-hydrogen) atoms. The van der Waals surface area contributed by atoms with E-state index in [-0.39, 0.29) is 52.7 Å². The molecular formula is C62H75Cl3N12O19S6. The second-order valence-electron chi connectivity index (χ2n) is 24.0. The largest absolute Gasteiger partial charge is 0.445 e. The number of anilines is 3. The number of aromatic nitrogens is 3. The number of ether oxygens (including phenoxy) is 1. The number of nitrogens with one attached hydrogen (secondary N) is 8. The molecular weight excluding hydrogens is 1520 g/mol. The molecule has 0 saturated heterocycles. The molecule has 12 rings (SSSR count). The summed E-state index contributed by atoms with van der Waals surface area (Å²) in [7, 11) is -20.4. The average molecular weight is 1590 g/mol. The average Bonchev–Trinajstić information content (AvgIpc) is 1.56. The SMILES string of the molecule is CNS(=O)(=O)c1ccc(S(=O)(=O)NC(=O)Nc2c3c(nc4c2CCC4)CCC3)c(CO)c1.CNS(=O)(=O)c1ccc(S(=O)(=O)NC(=O)Nc2c3c(nc4c2CCC4)CCC3)c(CO)c1.CNS(=O)(=O)c1ccc(S(N)(=O)=O)c(CO)c1.O=C(Nc1c2c(nc3c1CCC3)CCC2)OCC(Cl)(Cl)Cl. The standard InChI is InChI=1S/2C20H24N4O6S2.C14H15Cl3N2O2.C8H12N2O5S2/c2*1-21-31(27,28)13-8-9-18(12(10-13)11-25)32(29,30)24-20(26)23-19-14-4-2-6-16(14)22-17-7-3-5-15(17)19;15-14(16,17)7-21-13(20)19-12-8-3-1-5-10(8)18-11-6-2-4-9(11)12;1-10-17(14,15)7-2-3-8(16(9,12)13)6(4-7)5-11/h2*8-10,21,25H,2-7,11H2,1H3,(H2,22,23,24,26);1-7H2,(H,18,19,20);2-4,10-11H,5H2,1H3,(H2,9,12,13). The van der Waals surface area contributed by atoms with Gasteiger partial charge < -0.3 is 30.7 Å². The van der Waals surface area contributed by atoms with Gasteiger partial charge in [-0.2, -0.15) is 0 Å². The molecule has 0 atom stereocenters. The molecule has 0 unspecified atom stereocenters. The lowest BCUT2D eigenvalue weighted by molar-refractivity contribution is 0.164. The molecule has 6 aromatic rings. The van der Waals surface area contributed by atoms with E-state index in [0.29, 0.717) is 11.4 Å². The second-order valence-corrected chi connectivity index (χ2v) is 37.0. The van der Waals surface area contributed by atoms with Crippen molar-refractivity contribution < 1.29 is 84.9 Å². The van der Waals surface area contributed by atoms with Crippen LogP contribution in [0.1, 0.15) is 123 Å². The molecule has 0 spiro atoms. The lowest BCUT2D eigenvalue weighted by atomic mass is 10.1. The Morgan fingerprint density at radius 1 is 0.422 bits per heavy atom. The summed E-state index contributed by atoms with van der Waals surface area (Å²) in [6.45, 7) is -2.36. The molecule has 6 aliphatic carbocycles. The van der Waals surface area contributed by atoms with E-state index in [0.717, 1.165) is 243 Å². The summed E-state index contributed by atoms with van der Waals surface area (Å²) in [5, 5.41) is 41.4. The Labute approximate surface area is 605 Å². The number of nitrogens with zero attached hydrogens (tertiary/aromatic N) is 3. The van der Waals surface area contributed by atoms with Crippen LogP contribution in [0.3, 0.4) is 0 Å². The summed E-state index contributed by atoms with van der Waals surface area (Å²) in [5.74, 6) is 0. The zero-order valence-corrected chi connectivity index (χ0v) is 62.3. The van der Waals surface area contributed by atoms with Crippen LogP contribution < -0.4 is 44.7 Å². The Morgan fingerprint density at radius 2 is 0.686 bits per heavy atom. The highest BCUT2D eigenvalue weighted by atomic mass is 35.6. The lowest BCUT2D eigenvalue weighted by Gasteiger charge is -2.16. The third kappa shape index (κ3) is 18.5. The molecule has 0 aliphatic heterocycles. The quantitative estimate of drug-likeness (QED) is 0.0521. The number of aryl methyl sites for hydroxylation is 6. The Kier molecular flexibility index (Phi) is 25.1. The molecule has 0 fully saturated rings. The van der Waals surface area contributed by atoms with E-state index in [9.17, 15) is 75.1 Å². The van der Waals surface area contributed by atoms with Crippen LogP contribution in [0, 0.1) is 0 Å². The van der Waals surface area contributed by atoms with Crippen LogP contribution in [0.4, 0.5) is 31.4 Å². The second kappa shape index (κ2) is 32.3. The van der Waals surface area contributed by atoms with Crippen molar-refractivity contribution in [2.24, 2.45) is 5.14 Å². The molecule has 0 saturated carbocycles. The fourth-order valence-corrected chi connectivity index (χ4v) is 18.3. The van der Waals surface area contributed by atoms with E-state index in [1.54, 1.807) is 0 Å². The van der Waals surface area contributed by atoms with Crippen molar-refractivity contribution in [2.45, 2.75) is 169 Å². The maximum absolute atomic E-state index is 12.9. The number of alkyl halides is 3. The van der Waals surface area contributed by atoms with Crippen molar-refractivity contribution in [3.63, 3.8) is 0 Å². The summed E-state index contributed by atoms with van der Waals surface area (Å²) < 4.78 is 158. The Morgan fingerprint density at radius 3 is 0.941 bits per heavy atom. The van der Waals surface area contributed by atoms with Gasteiger partial charge >= 0.3 is 18.2 Å². The van der Waals surface area contributed by atoms with Gasteiger partial charge in [0.15, 0.2) is 0 Å². The minimum absolute atomic E-state index is 0.0659. The molecule has 13 N–H and O–H groups in total. The maximum Gasteiger partial charge on any atom is 0.411 e. The maximum atomic E-state index is 12.9. The number of primary sulfonamides is 1. The molecule has 5 amide bonds. The van der Waals surface area contributed by atoms with Gasteiger partial charge in [0.05, 0.1) is 66.3 Å². The molecule has 0 radical (unpaired) electrons. The van der Waals surface area contributed by atoms with Crippen LogP contribution in [0.5, 0.6) is 0 Å². The number of carbonyl (C=O) groups excluding carboxylic acids is 3. The zero-order chi connectivity index (χ0) is 74.5. The number of fused-ring (bicyclic) bond motifs is 6. The van der Waals surface area contributed by atoms with Gasteiger partial charge in [0.25, 0.3) is 20.0 Å². The van der Waals surface area contributed by atoms with Crippen LogP contribution in [-0.2, 0) is 162 Å². The van der Waals surface area contributed by atoms with E-state index >= 15 is 0 Å². The highest BCUT2D eigenvalue weighted by molar-refractivity contribution is 7.91. The van der Waals surface area contributed by atoms with Gasteiger partial charge in [0.2, 0.25) is 43.9 Å². The van der Waals surface area contributed by atoms with E-state index in [1.807, 2.05) is 9.44 Å². The van der Waals surface area contributed by atoms with Gasteiger partial charge in [-0.1, -0.05) is 34.8 Å². The van der Waals surface area contributed by atoms with E-state index in [1.165, 1.54) is 21.1 Å². The van der Waals surface area contributed by atoms with Gasteiger partial charge in [0.1, 0.15) is 6.61 Å².